The third kappa shape index (κ3) is 1.64. The molecular weight excluding hydrogens is 180 g/mol. The van der Waals surface area contributed by atoms with Gasteiger partial charge in [0.1, 0.15) is 0 Å². The SMILES string of the molecule is COC1CC2C(=O)N(C)CCCN2C1. The van der Waals surface area contributed by atoms with E-state index in [-0.39, 0.29) is 18.1 Å². The fourth-order valence-corrected chi connectivity index (χ4v) is 2.41. The lowest BCUT2D eigenvalue weighted by Gasteiger charge is -2.21. The van der Waals surface area contributed by atoms with Gasteiger partial charge < -0.3 is 9.64 Å². The summed E-state index contributed by atoms with van der Waals surface area (Å²) in [6, 6.07) is 0.0763. The van der Waals surface area contributed by atoms with Crippen molar-refractivity contribution in [3.8, 4) is 0 Å². The van der Waals surface area contributed by atoms with E-state index in [2.05, 4.69) is 4.90 Å². The van der Waals surface area contributed by atoms with Gasteiger partial charge in [0.25, 0.3) is 0 Å². The second-order valence-corrected chi connectivity index (χ2v) is 4.22. The number of likely N-dealkylation sites (N-methyl/N-ethyl adjacent to an activating group) is 1. The minimum Gasteiger partial charge on any atom is -0.380 e. The minimum absolute atomic E-state index is 0.0763. The number of carbonyl (C=O) groups excluding carboxylic acids is 1. The van der Waals surface area contributed by atoms with Gasteiger partial charge in [-0.05, 0) is 12.8 Å². The minimum atomic E-state index is 0.0763. The highest BCUT2D eigenvalue weighted by atomic mass is 16.5. The molecule has 0 bridgehead atoms. The van der Waals surface area contributed by atoms with Gasteiger partial charge >= 0.3 is 0 Å². The first-order chi connectivity index (χ1) is 6.72. The van der Waals surface area contributed by atoms with E-state index in [4.69, 9.17) is 4.74 Å². The molecule has 2 atom stereocenters. The fraction of sp³-hybridized carbons (Fsp3) is 0.900. The van der Waals surface area contributed by atoms with E-state index in [1.807, 2.05) is 11.9 Å². The number of hydrogen-bond acceptors (Lipinski definition) is 3. The molecule has 0 radical (unpaired) electrons. The van der Waals surface area contributed by atoms with Crippen molar-refractivity contribution in [3.63, 3.8) is 0 Å². The first-order valence-electron chi connectivity index (χ1n) is 5.24. The van der Waals surface area contributed by atoms with Crippen LogP contribution in [0.15, 0.2) is 0 Å². The summed E-state index contributed by atoms with van der Waals surface area (Å²) in [4.78, 5) is 16.0. The van der Waals surface area contributed by atoms with E-state index in [0.29, 0.717) is 0 Å². The average Bonchev–Trinajstić information content (AvgIpc) is 2.55. The quantitative estimate of drug-likeness (QED) is 0.591. The van der Waals surface area contributed by atoms with Crippen molar-refractivity contribution in [3.05, 3.63) is 0 Å². The highest BCUT2D eigenvalue weighted by Gasteiger charge is 2.39. The smallest absolute Gasteiger partial charge is 0.239 e. The molecule has 80 valence electrons. The monoisotopic (exact) mass is 198 g/mol. The van der Waals surface area contributed by atoms with Gasteiger partial charge in [0.2, 0.25) is 5.91 Å². The van der Waals surface area contributed by atoms with Crippen LogP contribution in [0.2, 0.25) is 0 Å². The van der Waals surface area contributed by atoms with Crippen molar-refractivity contribution >= 4 is 5.91 Å². The van der Waals surface area contributed by atoms with Crippen LogP contribution in [0.5, 0.6) is 0 Å². The lowest BCUT2D eigenvalue weighted by atomic mass is 10.2. The summed E-state index contributed by atoms with van der Waals surface area (Å²) in [6.45, 7) is 2.84. The van der Waals surface area contributed by atoms with Crippen molar-refractivity contribution in [2.24, 2.45) is 0 Å². The predicted molar refractivity (Wildman–Crippen MR) is 53.0 cm³/mol. The maximum absolute atomic E-state index is 11.9. The summed E-state index contributed by atoms with van der Waals surface area (Å²) in [7, 11) is 3.62. The lowest BCUT2D eigenvalue weighted by Crippen LogP contribution is -2.40. The molecule has 0 aliphatic carbocycles. The first-order valence-corrected chi connectivity index (χ1v) is 5.24. The zero-order valence-electron chi connectivity index (χ0n) is 8.90. The van der Waals surface area contributed by atoms with Gasteiger partial charge in [0, 0.05) is 33.8 Å². The maximum Gasteiger partial charge on any atom is 0.239 e. The van der Waals surface area contributed by atoms with Crippen LogP contribution >= 0.6 is 0 Å². The standard InChI is InChI=1S/C10H18N2O2/c1-11-4-3-5-12-7-8(14-2)6-9(12)10(11)13/h8-9H,3-7H2,1-2H3. The van der Waals surface area contributed by atoms with Crippen LogP contribution in [0.4, 0.5) is 0 Å². The molecule has 2 rings (SSSR count). The van der Waals surface area contributed by atoms with Gasteiger partial charge in [-0.2, -0.15) is 0 Å². The number of methoxy groups -OCH3 is 1. The zero-order valence-corrected chi connectivity index (χ0v) is 8.90. The molecule has 0 saturated carbocycles. The normalized spacial score (nSPS) is 34.4. The Kier molecular flexibility index (Phi) is 2.74. The number of amides is 1. The number of fused-ring (bicyclic) bond motifs is 1. The Morgan fingerprint density at radius 2 is 2.21 bits per heavy atom. The van der Waals surface area contributed by atoms with E-state index in [1.165, 1.54) is 0 Å². The summed E-state index contributed by atoms with van der Waals surface area (Å²) in [6.07, 6.45) is 2.19. The van der Waals surface area contributed by atoms with Gasteiger partial charge in [-0.1, -0.05) is 0 Å². The Balaban J connectivity index is 2.09. The molecule has 0 aromatic rings. The molecule has 0 N–H and O–H groups in total. The van der Waals surface area contributed by atoms with Crippen molar-refractivity contribution in [1.82, 2.24) is 9.80 Å². The van der Waals surface area contributed by atoms with Crippen molar-refractivity contribution in [2.45, 2.75) is 25.0 Å². The van der Waals surface area contributed by atoms with E-state index in [9.17, 15) is 4.79 Å². The van der Waals surface area contributed by atoms with Crippen molar-refractivity contribution < 1.29 is 9.53 Å². The molecule has 0 spiro atoms. The van der Waals surface area contributed by atoms with Gasteiger partial charge in [-0.25, -0.2) is 0 Å². The Morgan fingerprint density at radius 1 is 1.43 bits per heavy atom. The van der Waals surface area contributed by atoms with E-state index in [0.717, 1.165) is 32.5 Å². The highest BCUT2D eigenvalue weighted by molar-refractivity contribution is 5.82. The first kappa shape index (κ1) is 9.93. The molecule has 2 heterocycles. The van der Waals surface area contributed by atoms with Crippen molar-refractivity contribution in [1.29, 1.82) is 0 Å². The largest absolute Gasteiger partial charge is 0.380 e. The summed E-state index contributed by atoms with van der Waals surface area (Å²) in [5, 5.41) is 0. The number of hydrogen-bond donors (Lipinski definition) is 0. The molecule has 2 unspecified atom stereocenters. The Bertz CT molecular complexity index is 232. The zero-order chi connectivity index (χ0) is 10.1. The molecule has 2 fully saturated rings. The summed E-state index contributed by atoms with van der Waals surface area (Å²) < 4.78 is 5.32. The number of nitrogens with zero attached hydrogens (tertiary/aromatic N) is 2. The molecule has 2 saturated heterocycles. The molecule has 0 aromatic carbocycles. The molecule has 2 aliphatic heterocycles. The van der Waals surface area contributed by atoms with Crippen LogP contribution in [-0.4, -0.2) is 61.6 Å². The molecular formula is C10H18N2O2. The molecule has 2 aliphatic rings. The predicted octanol–water partition coefficient (Wildman–Crippen LogP) is -0.0622. The molecule has 4 heteroatoms. The van der Waals surface area contributed by atoms with Crippen LogP contribution in [0.3, 0.4) is 0 Å². The van der Waals surface area contributed by atoms with Gasteiger partial charge in [-0.15, -0.1) is 0 Å². The molecule has 1 amide bonds. The van der Waals surface area contributed by atoms with Crippen LogP contribution in [-0.2, 0) is 9.53 Å². The fourth-order valence-electron chi connectivity index (χ4n) is 2.41. The van der Waals surface area contributed by atoms with Gasteiger partial charge in [-0.3, -0.25) is 9.69 Å². The number of carbonyl (C=O) groups is 1. The van der Waals surface area contributed by atoms with Crippen molar-refractivity contribution in [2.75, 3.05) is 33.8 Å². The third-order valence-corrected chi connectivity index (χ3v) is 3.30. The second-order valence-electron chi connectivity index (χ2n) is 4.22. The van der Waals surface area contributed by atoms with Crippen LogP contribution < -0.4 is 0 Å². The summed E-state index contributed by atoms with van der Waals surface area (Å²) >= 11 is 0. The maximum atomic E-state index is 11.9. The Hall–Kier alpha value is -0.610. The lowest BCUT2D eigenvalue weighted by molar-refractivity contribution is -0.133. The molecule has 14 heavy (non-hydrogen) atoms. The Morgan fingerprint density at radius 3 is 2.93 bits per heavy atom. The number of rotatable bonds is 1. The molecule has 4 nitrogen and oxygen atoms in total. The van der Waals surface area contributed by atoms with Gasteiger partial charge in [0.15, 0.2) is 0 Å². The summed E-state index contributed by atoms with van der Waals surface area (Å²) in [5.74, 6) is 0.266. The van der Waals surface area contributed by atoms with E-state index in [1.54, 1.807) is 7.11 Å². The molecule has 0 aromatic heterocycles. The van der Waals surface area contributed by atoms with Gasteiger partial charge in [0.05, 0.1) is 12.1 Å². The average molecular weight is 198 g/mol. The summed E-state index contributed by atoms with van der Waals surface area (Å²) in [5.41, 5.74) is 0. The van der Waals surface area contributed by atoms with E-state index < -0.39 is 0 Å². The Labute approximate surface area is 84.8 Å². The van der Waals surface area contributed by atoms with Crippen LogP contribution in [0.1, 0.15) is 12.8 Å². The topological polar surface area (TPSA) is 32.8 Å². The van der Waals surface area contributed by atoms with Crippen LogP contribution in [0, 0.1) is 0 Å². The number of ether oxygens (including phenoxy) is 1. The second kappa shape index (κ2) is 3.87. The highest BCUT2D eigenvalue weighted by Crippen LogP contribution is 2.23. The van der Waals surface area contributed by atoms with Crippen LogP contribution in [0.25, 0.3) is 0 Å². The van der Waals surface area contributed by atoms with E-state index >= 15 is 0 Å². The third-order valence-electron chi connectivity index (χ3n) is 3.30.